The number of aliphatic carboxylic acids is 1. The first-order valence-corrected chi connectivity index (χ1v) is 4.66. The van der Waals surface area contributed by atoms with Crippen molar-refractivity contribution in [3.05, 3.63) is 24.0 Å². The zero-order chi connectivity index (χ0) is 12.1. The van der Waals surface area contributed by atoms with Crippen molar-refractivity contribution in [1.82, 2.24) is 9.88 Å². The van der Waals surface area contributed by atoms with Crippen LogP contribution in [-0.2, 0) is 4.79 Å². The predicted octanol–water partition coefficient (Wildman–Crippen LogP) is 0.938. The molecule has 1 heterocycles. The van der Waals surface area contributed by atoms with Gasteiger partial charge < -0.3 is 15.3 Å². The maximum atomic E-state index is 11.5. The molecule has 1 rings (SSSR count). The molecule has 1 aromatic rings. The van der Waals surface area contributed by atoms with Gasteiger partial charge in [-0.1, -0.05) is 0 Å². The zero-order valence-corrected chi connectivity index (χ0v) is 9.10. The summed E-state index contributed by atoms with van der Waals surface area (Å²) < 4.78 is 0. The van der Waals surface area contributed by atoms with Crippen molar-refractivity contribution in [3.8, 4) is 0 Å². The Morgan fingerprint density at radius 3 is 2.81 bits per heavy atom. The first kappa shape index (κ1) is 12.0. The van der Waals surface area contributed by atoms with Crippen molar-refractivity contribution in [2.24, 2.45) is 0 Å². The van der Waals surface area contributed by atoms with Gasteiger partial charge in [-0.25, -0.2) is 4.79 Å². The van der Waals surface area contributed by atoms with Gasteiger partial charge in [0.15, 0.2) is 0 Å². The van der Waals surface area contributed by atoms with E-state index in [4.69, 9.17) is 5.11 Å². The van der Waals surface area contributed by atoms with Gasteiger partial charge >= 0.3 is 12.0 Å². The van der Waals surface area contributed by atoms with Crippen molar-refractivity contribution in [1.29, 1.82) is 0 Å². The molecule has 0 saturated carbocycles. The number of carbonyl (C=O) groups excluding carboxylic acids is 1. The maximum Gasteiger partial charge on any atom is 0.323 e. The second-order valence-electron chi connectivity index (χ2n) is 3.32. The molecule has 0 aromatic carbocycles. The highest BCUT2D eigenvalue weighted by molar-refractivity contribution is 5.91. The summed E-state index contributed by atoms with van der Waals surface area (Å²) in [7, 11) is 1.41. The van der Waals surface area contributed by atoms with Gasteiger partial charge in [-0.05, 0) is 19.1 Å². The third-order valence-corrected chi connectivity index (χ3v) is 1.97. The van der Waals surface area contributed by atoms with Crippen LogP contribution in [0.25, 0.3) is 0 Å². The number of likely N-dealkylation sites (N-methyl/N-ethyl adjacent to an activating group) is 1. The second-order valence-corrected chi connectivity index (χ2v) is 3.32. The number of aromatic nitrogens is 1. The predicted molar refractivity (Wildman–Crippen MR) is 58.3 cm³/mol. The molecule has 2 amide bonds. The number of hydrogen-bond acceptors (Lipinski definition) is 3. The average molecular weight is 223 g/mol. The molecule has 0 atom stereocenters. The Balaban J connectivity index is 2.64. The Labute approximate surface area is 92.9 Å². The van der Waals surface area contributed by atoms with E-state index >= 15 is 0 Å². The minimum absolute atomic E-state index is 0.342. The van der Waals surface area contributed by atoms with Gasteiger partial charge in [0.05, 0.1) is 11.4 Å². The highest BCUT2D eigenvalue weighted by Crippen LogP contribution is 2.10. The quantitative estimate of drug-likeness (QED) is 0.798. The number of anilines is 1. The lowest BCUT2D eigenvalue weighted by atomic mass is 10.3. The summed E-state index contributed by atoms with van der Waals surface area (Å²) >= 11 is 0. The highest BCUT2D eigenvalue weighted by atomic mass is 16.4. The topological polar surface area (TPSA) is 82.5 Å². The molecule has 86 valence electrons. The standard InChI is InChI=1S/C10H13N3O3/c1-7-8(4-3-5-11-7)12-10(16)13(2)6-9(14)15/h3-5H,6H2,1-2H3,(H,12,16)(H,14,15). The second kappa shape index (κ2) is 5.11. The summed E-state index contributed by atoms with van der Waals surface area (Å²) in [6.45, 7) is 1.41. The van der Waals surface area contributed by atoms with Crippen LogP contribution in [0.5, 0.6) is 0 Å². The monoisotopic (exact) mass is 223 g/mol. The summed E-state index contributed by atoms with van der Waals surface area (Å²) in [6.07, 6.45) is 1.62. The van der Waals surface area contributed by atoms with E-state index in [0.717, 1.165) is 4.90 Å². The maximum absolute atomic E-state index is 11.5. The molecule has 0 aliphatic rings. The number of urea groups is 1. The van der Waals surface area contributed by atoms with E-state index in [1.54, 1.807) is 25.3 Å². The lowest BCUT2D eigenvalue weighted by molar-refractivity contribution is -0.137. The van der Waals surface area contributed by atoms with E-state index in [1.165, 1.54) is 7.05 Å². The highest BCUT2D eigenvalue weighted by Gasteiger charge is 2.12. The molecule has 0 fully saturated rings. The van der Waals surface area contributed by atoms with Gasteiger partial charge in [0.25, 0.3) is 0 Å². The van der Waals surface area contributed by atoms with Crippen LogP contribution in [0.3, 0.4) is 0 Å². The average Bonchev–Trinajstić information content (AvgIpc) is 2.20. The minimum atomic E-state index is -1.06. The van der Waals surface area contributed by atoms with Crippen molar-refractivity contribution < 1.29 is 14.7 Å². The molecule has 0 saturated heterocycles. The van der Waals surface area contributed by atoms with E-state index < -0.39 is 12.0 Å². The number of carbonyl (C=O) groups is 2. The van der Waals surface area contributed by atoms with Crippen LogP contribution in [0.2, 0.25) is 0 Å². The van der Waals surface area contributed by atoms with E-state index in [1.807, 2.05) is 0 Å². The summed E-state index contributed by atoms with van der Waals surface area (Å²) in [5.74, 6) is -1.06. The van der Waals surface area contributed by atoms with Crippen molar-refractivity contribution in [2.75, 3.05) is 18.9 Å². The molecule has 16 heavy (non-hydrogen) atoms. The molecule has 2 N–H and O–H groups in total. The number of hydrogen-bond donors (Lipinski definition) is 2. The van der Waals surface area contributed by atoms with Crippen molar-refractivity contribution in [2.45, 2.75) is 6.92 Å². The van der Waals surface area contributed by atoms with E-state index in [0.29, 0.717) is 11.4 Å². The zero-order valence-electron chi connectivity index (χ0n) is 9.10. The van der Waals surface area contributed by atoms with Gasteiger partial charge in [0, 0.05) is 13.2 Å². The van der Waals surface area contributed by atoms with E-state index in [-0.39, 0.29) is 6.54 Å². The fraction of sp³-hybridized carbons (Fsp3) is 0.300. The van der Waals surface area contributed by atoms with Crippen LogP contribution in [0, 0.1) is 6.92 Å². The number of amides is 2. The van der Waals surface area contributed by atoms with Gasteiger partial charge in [0.1, 0.15) is 6.54 Å². The SMILES string of the molecule is Cc1ncccc1NC(=O)N(C)CC(=O)O. The smallest absolute Gasteiger partial charge is 0.323 e. The summed E-state index contributed by atoms with van der Waals surface area (Å²) in [5, 5.41) is 11.1. The summed E-state index contributed by atoms with van der Waals surface area (Å²) in [6, 6.07) is 2.92. The Hall–Kier alpha value is -2.11. The number of pyridine rings is 1. The van der Waals surface area contributed by atoms with Gasteiger partial charge in [0.2, 0.25) is 0 Å². The molecule has 1 aromatic heterocycles. The van der Waals surface area contributed by atoms with Crippen LogP contribution >= 0.6 is 0 Å². The number of carboxylic acids is 1. The Kier molecular flexibility index (Phi) is 3.82. The van der Waals surface area contributed by atoms with Crippen LogP contribution in [0.4, 0.5) is 10.5 Å². The van der Waals surface area contributed by atoms with E-state index in [9.17, 15) is 9.59 Å². The molecule has 0 bridgehead atoms. The lowest BCUT2D eigenvalue weighted by Crippen LogP contribution is -2.35. The molecule has 6 heteroatoms. The largest absolute Gasteiger partial charge is 0.480 e. The first-order chi connectivity index (χ1) is 7.50. The van der Waals surface area contributed by atoms with Crippen LogP contribution in [0.15, 0.2) is 18.3 Å². The summed E-state index contributed by atoms with van der Waals surface area (Å²) in [5.41, 5.74) is 1.25. The number of nitrogens with one attached hydrogen (secondary N) is 1. The van der Waals surface area contributed by atoms with Gasteiger partial charge in [-0.15, -0.1) is 0 Å². The molecular formula is C10H13N3O3. The van der Waals surface area contributed by atoms with Crippen LogP contribution in [-0.4, -0.2) is 40.6 Å². The molecule has 0 aliphatic heterocycles. The molecule has 6 nitrogen and oxygen atoms in total. The molecule has 0 spiro atoms. The first-order valence-electron chi connectivity index (χ1n) is 4.66. The fourth-order valence-corrected chi connectivity index (χ4v) is 1.10. The van der Waals surface area contributed by atoms with E-state index in [2.05, 4.69) is 10.3 Å². The van der Waals surface area contributed by atoms with Gasteiger partial charge in [-0.2, -0.15) is 0 Å². The fourth-order valence-electron chi connectivity index (χ4n) is 1.10. The Morgan fingerprint density at radius 2 is 2.25 bits per heavy atom. The van der Waals surface area contributed by atoms with Crippen LogP contribution in [0.1, 0.15) is 5.69 Å². The number of nitrogens with zero attached hydrogens (tertiary/aromatic N) is 2. The Bertz CT molecular complexity index is 406. The van der Waals surface area contributed by atoms with Crippen molar-refractivity contribution in [3.63, 3.8) is 0 Å². The molecule has 0 unspecified atom stereocenters. The third kappa shape index (κ3) is 3.23. The number of rotatable bonds is 3. The van der Waals surface area contributed by atoms with Crippen molar-refractivity contribution >= 4 is 17.7 Å². The number of aryl methyl sites for hydroxylation is 1. The molecular weight excluding hydrogens is 210 g/mol. The molecule has 0 aliphatic carbocycles. The normalized spacial score (nSPS) is 9.62. The molecule has 0 radical (unpaired) electrons. The van der Waals surface area contributed by atoms with Gasteiger partial charge in [-0.3, -0.25) is 9.78 Å². The summed E-state index contributed by atoms with van der Waals surface area (Å²) in [4.78, 5) is 27.0. The third-order valence-electron chi connectivity index (χ3n) is 1.97. The Morgan fingerprint density at radius 1 is 1.56 bits per heavy atom. The number of carboxylic acid groups (broad SMARTS) is 1. The minimum Gasteiger partial charge on any atom is -0.480 e. The van der Waals surface area contributed by atoms with Crippen LogP contribution < -0.4 is 5.32 Å². The lowest BCUT2D eigenvalue weighted by Gasteiger charge is -2.16.